The van der Waals surface area contributed by atoms with Gasteiger partial charge in [-0.2, -0.15) is 13.2 Å². The molecule has 0 unspecified atom stereocenters. The lowest BCUT2D eigenvalue weighted by molar-refractivity contribution is -0.137. The van der Waals surface area contributed by atoms with Crippen molar-refractivity contribution in [1.82, 2.24) is 9.88 Å². The molecule has 0 spiro atoms. The number of hydrogen-bond donors (Lipinski definition) is 1. The number of hydrogen-bond acceptors (Lipinski definition) is 4. The number of fused-ring (bicyclic) bond motifs is 1. The predicted octanol–water partition coefficient (Wildman–Crippen LogP) is 3.97. The first-order valence-electron chi connectivity index (χ1n) is 8.32. The molecule has 0 atom stereocenters. The number of nitrogens with zero attached hydrogens (tertiary/aromatic N) is 2. The summed E-state index contributed by atoms with van der Waals surface area (Å²) in [6.07, 6.45) is -4.41. The van der Waals surface area contributed by atoms with Gasteiger partial charge in [0.1, 0.15) is 5.52 Å². The lowest BCUT2D eigenvalue weighted by Crippen LogP contribution is -2.33. The second-order valence-corrected chi connectivity index (χ2v) is 5.89. The van der Waals surface area contributed by atoms with E-state index in [4.69, 9.17) is 9.52 Å². The van der Waals surface area contributed by atoms with Crippen LogP contribution in [0.1, 0.15) is 22.8 Å². The van der Waals surface area contributed by atoms with Crippen molar-refractivity contribution in [3.8, 4) is 11.5 Å². The average molecular weight is 378 g/mol. The van der Waals surface area contributed by atoms with Crippen LogP contribution in [0.4, 0.5) is 13.2 Å². The van der Waals surface area contributed by atoms with Crippen LogP contribution in [0.25, 0.3) is 22.6 Å². The Kier molecular flexibility index (Phi) is 5.18. The van der Waals surface area contributed by atoms with Crippen molar-refractivity contribution in [2.75, 3.05) is 19.7 Å². The zero-order valence-corrected chi connectivity index (χ0v) is 14.5. The Bertz CT molecular complexity index is 949. The number of carbonyl (C=O) groups is 1. The third kappa shape index (κ3) is 3.95. The van der Waals surface area contributed by atoms with E-state index in [0.717, 1.165) is 12.1 Å². The fourth-order valence-corrected chi connectivity index (χ4v) is 2.69. The summed E-state index contributed by atoms with van der Waals surface area (Å²) in [5, 5.41) is 9.04. The zero-order valence-electron chi connectivity index (χ0n) is 14.5. The molecule has 1 N–H and O–H groups in total. The first kappa shape index (κ1) is 18.9. The van der Waals surface area contributed by atoms with Gasteiger partial charge in [0, 0.05) is 24.2 Å². The van der Waals surface area contributed by atoms with Gasteiger partial charge in [0.25, 0.3) is 5.91 Å². The van der Waals surface area contributed by atoms with E-state index in [9.17, 15) is 18.0 Å². The van der Waals surface area contributed by atoms with E-state index in [0.29, 0.717) is 28.8 Å². The van der Waals surface area contributed by atoms with Gasteiger partial charge in [0.15, 0.2) is 5.58 Å². The van der Waals surface area contributed by atoms with Crippen LogP contribution in [0.15, 0.2) is 46.9 Å². The summed E-state index contributed by atoms with van der Waals surface area (Å²) in [6.45, 7) is 2.35. The number of carbonyl (C=O) groups excluding carboxylic acids is 1. The summed E-state index contributed by atoms with van der Waals surface area (Å²) in [6, 6.07) is 9.26. The van der Waals surface area contributed by atoms with Gasteiger partial charge in [-0.25, -0.2) is 4.98 Å². The molecule has 0 aliphatic rings. The number of oxazole rings is 1. The van der Waals surface area contributed by atoms with Crippen molar-refractivity contribution in [2.24, 2.45) is 0 Å². The summed E-state index contributed by atoms with van der Waals surface area (Å²) < 4.78 is 43.6. The van der Waals surface area contributed by atoms with Gasteiger partial charge in [0.2, 0.25) is 5.89 Å². The standard InChI is InChI=1S/C19H17F3N2O3/c1-2-24(9-10-25)18(26)13-5-8-16-15(11-13)23-17(27-16)12-3-6-14(7-4-12)19(20,21)22/h3-8,11,25H,2,9-10H2,1H3. The van der Waals surface area contributed by atoms with Crippen LogP contribution >= 0.6 is 0 Å². The smallest absolute Gasteiger partial charge is 0.416 e. The van der Waals surface area contributed by atoms with Crippen LogP contribution in [0, 0.1) is 0 Å². The molecule has 0 aliphatic carbocycles. The molecule has 1 aromatic heterocycles. The molecule has 0 aliphatic heterocycles. The second kappa shape index (κ2) is 7.40. The molecule has 1 heterocycles. The molecule has 0 bridgehead atoms. The van der Waals surface area contributed by atoms with E-state index >= 15 is 0 Å². The van der Waals surface area contributed by atoms with Crippen LogP contribution < -0.4 is 0 Å². The summed E-state index contributed by atoms with van der Waals surface area (Å²) in [5.74, 6) is -0.0708. The van der Waals surface area contributed by atoms with Crippen LogP contribution in [0.5, 0.6) is 0 Å². The van der Waals surface area contributed by atoms with Gasteiger partial charge in [-0.05, 0) is 49.4 Å². The summed E-state index contributed by atoms with van der Waals surface area (Å²) in [7, 11) is 0. The van der Waals surface area contributed by atoms with Crippen molar-refractivity contribution < 1.29 is 27.5 Å². The number of amides is 1. The Morgan fingerprint density at radius 2 is 1.89 bits per heavy atom. The number of benzene rings is 2. The van der Waals surface area contributed by atoms with Crippen LogP contribution in [-0.4, -0.2) is 40.6 Å². The van der Waals surface area contributed by atoms with Crippen LogP contribution in [-0.2, 0) is 6.18 Å². The number of aromatic nitrogens is 1. The van der Waals surface area contributed by atoms with E-state index in [1.54, 1.807) is 18.2 Å². The minimum Gasteiger partial charge on any atom is -0.436 e. The third-order valence-corrected chi connectivity index (χ3v) is 4.13. The van der Waals surface area contributed by atoms with Gasteiger partial charge < -0.3 is 14.4 Å². The van der Waals surface area contributed by atoms with Gasteiger partial charge in [-0.15, -0.1) is 0 Å². The number of alkyl halides is 3. The van der Waals surface area contributed by atoms with Crippen LogP contribution in [0.2, 0.25) is 0 Å². The number of likely N-dealkylation sites (N-methyl/N-ethyl adjacent to an activating group) is 1. The predicted molar refractivity (Wildman–Crippen MR) is 93.1 cm³/mol. The van der Waals surface area contributed by atoms with E-state index < -0.39 is 11.7 Å². The zero-order chi connectivity index (χ0) is 19.6. The SMILES string of the molecule is CCN(CCO)C(=O)c1ccc2oc(-c3ccc(C(F)(F)F)cc3)nc2c1. The summed E-state index contributed by atoms with van der Waals surface area (Å²) in [5.41, 5.74) is 0.897. The molecule has 3 rings (SSSR count). The minimum absolute atomic E-state index is 0.135. The molecule has 0 radical (unpaired) electrons. The maximum absolute atomic E-state index is 12.7. The molecular weight excluding hydrogens is 361 g/mol. The van der Waals surface area contributed by atoms with E-state index in [1.807, 2.05) is 6.92 Å². The first-order chi connectivity index (χ1) is 12.8. The molecule has 2 aromatic carbocycles. The topological polar surface area (TPSA) is 66.6 Å². The highest BCUT2D eigenvalue weighted by molar-refractivity contribution is 5.97. The Labute approximate surface area is 153 Å². The fourth-order valence-electron chi connectivity index (χ4n) is 2.69. The molecule has 27 heavy (non-hydrogen) atoms. The van der Waals surface area contributed by atoms with E-state index in [-0.39, 0.29) is 24.9 Å². The van der Waals surface area contributed by atoms with Crippen molar-refractivity contribution in [1.29, 1.82) is 0 Å². The molecule has 0 saturated carbocycles. The van der Waals surface area contributed by atoms with Crippen molar-refractivity contribution in [3.63, 3.8) is 0 Å². The van der Waals surface area contributed by atoms with E-state index in [1.165, 1.54) is 17.0 Å². The Morgan fingerprint density at radius 3 is 2.48 bits per heavy atom. The lowest BCUT2D eigenvalue weighted by atomic mass is 10.1. The first-order valence-corrected chi connectivity index (χ1v) is 8.32. The summed E-state index contributed by atoms with van der Waals surface area (Å²) in [4.78, 5) is 18.2. The molecule has 0 fully saturated rings. The molecular formula is C19H17F3N2O3. The number of aliphatic hydroxyl groups excluding tert-OH is 1. The number of halogens is 3. The van der Waals surface area contributed by atoms with Crippen molar-refractivity contribution in [2.45, 2.75) is 13.1 Å². The quantitative estimate of drug-likeness (QED) is 0.730. The van der Waals surface area contributed by atoms with Crippen LogP contribution in [0.3, 0.4) is 0 Å². The number of rotatable bonds is 5. The molecule has 142 valence electrons. The summed E-state index contributed by atoms with van der Waals surface area (Å²) >= 11 is 0. The fraction of sp³-hybridized carbons (Fsp3) is 0.263. The Balaban J connectivity index is 1.91. The number of aliphatic hydroxyl groups is 1. The molecule has 5 nitrogen and oxygen atoms in total. The monoisotopic (exact) mass is 378 g/mol. The lowest BCUT2D eigenvalue weighted by Gasteiger charge is -2.19. The van der Waals surface area contributed by atoms with E-state index in [2.05, 4.69) is 4.98 Å². The Hall–Kier alpha value is -2.87. The maximum Gasteiger partial charge on any atom is 0.416 e. The third-order valence-electron chi connectivity index (χ3n) is 4.13. The molecule has 0 saturated heterocycles. The van der Waals surface area contributed by atoms with Gasteiger partial charge in [-0.1, -0.05) is 0 Å². The van der Waals surface area contributed by atoms with Gasteiger partial charge in [-0.3, -0.25) is 4.79 Å². The second-order valence-electron chi connectivity index (χ2n) is 5.89. The molecule has 8 heteroatoms. The highest BCUT2D eigenvalue weighted by Gasteiger charge is 2.30. The average Bonchev–Trinajstić information content (AvgIpc) is 3.08. The molecule has 1 amide bonds. The molecule has 3 aromatic rings. The van der Waals surface area contributed by atoms with Crippen molar-refractivity contribution in [3.05, 3.63) is 53.6 Å². The normalized spacial score (nSPS) is 11.7. The minimum atomic E-state index is -4.41. The van der Waals surface area contributed by atoms with Gasteiger partial charge >= 0.3 is 6.18 Å². The highest BCUT2D eigenvalue weighted by Crippen LogP contribution is 2.31. The highest BCUT2D eigenvalue weighted by atomic mass is 19.4. The Morgan fingerprint density at radius 1 is 1.19 bits per heavy atom. The van der Waals surface area contributed by atoms with Crippen molar-refractivity contribution >= 4 is 17.0 Å². The maximum atomic E-state index is 12.7. The van der Waals surface area contributed by atoms with Gasteiger partial charge in [0.05, 0.1) is 12.2 Å². The largest absolute Gasteiger partial charge is 0.436 e.